The molecule has 5 nitrogen and oxygen atoms in total. The summed E-state index contributed by atoms with van der Waals surface area (Å²) < 4.78 is 0. The first-order chi connectivity index (χ1) is 7.79. The first kappa shape index (κ1) is 10.8. The fraction of sp³-hybridized carbons (Fsp3) is 0.545. The molecule has 0 bridgehead atoms. The molecular formula is C11H15N5. The molecule has 2 heterocycles. The van der Waals surface area contributed by atoms with Gasteiger partial charge in [0.15, 0.2) is 5.82 Å². The molecule has 1 aliphatic heterocycles. The second-order valence-corrected chi connectivity index (χ2v) is 4.13. The van der Waals surface area contributed by atoms with Crippen molar-refractivity contribution in [2.45, 2.75) is 18.9 Å². The van der Waals surface area contributed by atoms with Gasteiger partial charge in [-0.05, 0) is 39.0 Å². The molecule has 0 aliphatic carbocycles. The standard InChI is InChI=1S/C11H15N5/c1-16-6-3-10(4-7-16)14-11-9(8-12)2-5-13-15-11/h2,5,10H,3-4,6-7H2,1H3,(H,14,15). The molecule has 0 amide bonds. The lowest BCUT2D eigenvalue weighted by molar-refractivity contribution is 0.263. The van der Waals surface area contributed by atoms with E-state index in [9.17, 15) is 0 Å². The van der Waals surface area contributed by atoms with Crippen molar-refractivity contribution in [3.8, 4) is 6.07 Å². The molecule has 1 aliphatic rings. The van der Waals surface area contributed by atoms with Crippen LogP contribution >= 0.6 is 0 Å². The van der Waals surface area contributed by atoms with Crippen molar-refractivity contribution in [2.75, 3.05) is 25.5 Å². The molecule has 1 aromatic rings. The number of piperidine rings is 1. The van der Waals surface area contributed by atoms with Gasteiger partial charge >= 0.3 is 0 Å². The topological polar surface area (TPSA) is 64.8 Å². The predicted molar refractivity (Wildman–Crippen MR) is 60.9 cm³/mol. The number of hydrogen-bond donors (Lipinski definition) is 1. The first-order valence-electron chi connectivity index (χ1n) is 5.46. The Balaban J connectivity index is 2.01. The minimum absolute atomic E-state index is 0.403. The minimum Gasteiger partial charge on any atom is -0.365 e. The number of likely N-dealkylation sites (tertiary alicyclic amines) is 1. The summed E-state index contributed by atoms with van der Waals surface area (Å²) in [6.45, 7) is 2.17. The van der Waals surface area contributed by atoms with Gasteiger partial charge in [-0.1, -0.05) is 0 Å². The zero-order chi connectivity index (χ0) is 11.4. The highest BCUT2D eigenvalue weighted by Gasteiger charge is 2.17. The summed E-state index contributed by atoms with van der Waals surface area (Å²) in [5.41, 5.74) is 0.564. The summed E-state index contributed by atoms with van der Waals surface area (Å²) >= 11 is 0. The van der Waals surface area contributed by atoms with Crippen molar-refractivity contribution < 1.29 is 0 Å². The summed E-state index contributed by atoms with van der Waals surface area (Å²) in [6.07, 6.45) is 3.70. The van der Waals surface area contributed by atoms with Gasteiger partial charge in [-0.3, -0.25) is 0 Å². The molecule has 0 spiro atoms. The number of rotatable bonds is 2. The van der Waals surface area contributed by atoms with Gasteiger partial charge in [-0.2, -0.15) is 10.4 Å². The average Bonchev–Trinajstić information content (AvgIpc) is 2.33. The van der Waals surface area contributed by atoms with Gasteiger partial charge in [0.2, 0.25) is 0 Å². The molecule has 0 aromatic carbocycles. The molecule has 0 radical (unpaired) electrons. The number of nitrogens with zero attached hydrogens (tertiary/aromatic N) is 4. The summed E-state index contributed by atoms with van der Waals surface area (Å²) in [5.74, 6) is 0.611. The third-order valence-electron chi connectivity index (χ3n) is 2.90. The van der Waals surface area contributed by atoms with Gasteiger partial charge in [0, 0.05) is 6.04 Å². The van der Waals surface area contributed by atoms with E-state index >= 15 is 0 Å². The molecule has 5 heteroatoms. The molecule has 1 fully saturated rings. The van der Waals surface area contributed by atoms with E-state index in [0.717, 1.165) is 25.9 Å². The van der Waals surface area contributed by atoms with Crippen LogP contribution in [0.2, 0.25) is 0 Å². The molecule has 0 unspecified atom stereocenters. The second-order valence-electron chi connectivity index (χ2n) is 4.13. The van der Waals surface area contributed by atoms with Crippen LogP contribution in [-0.2, 0) is 0 Å². The number of hydrogen-bond acceptors (Lipinski definition) is 5. The van der Waals surface area contributed by atoms with Crippen molar-refractivity contribution in [2.24, 2.45) is 0 Å². The highest BCUT2D eigenvalue weighted by atomic mass is 15.2. The van der Waals surface area contributed by atoms with Crippen LogP contribution in [0, 0.1) is 11.3 Å². The van der Waals surface area contributed by atoms with E-state index < -0.39 is 0 Å². The number of nitrogens with one attached hydrogen (secondary N) is 1. The third-order valence-corrected chi connectivity index (χ3v) is 2.90. The zero-order valence-corrected chi connectivity index (χ0v) is 9.35. The molecule has 1 saturated heterocycles. The van der Waals surface area contributed by atoms with E-state index in [1.807, 2.05) is 0 Å². The molecule has 16 heavy (non-hydrogen) atoms. The Morgan fingerprint density at radius 2 is 2.25 bits per heavy atom. The molecule has 0 saturated carbocycles. The maximum Gasteiger partial charge on any atom is 0.166 e. The Labute approximate surface area is 95.1 Å². The highest BCUT2D eigenvalue weighted by Crippen LogP contribution is 2.16. The fourth-order valence-electron chi connectivity index (χ4n) is 1.87. The van der Waals surface area contributed by atoms with Crippen LogP contribution in [0.5, 0.6) is 0 Å². The monoisotopic (exact) mass is 217 g/mol. The summed E-state index contributed by atoms with van der Waals surface area (Å²) in [6, 6.07) is 4.21. The van der Waals surface area contributed by atoms with E-state index in [0.29, 0.717) is 17.4 Å². The largest absolute Gasteiger partial charge is 0.365 e. The quantitative estimate of drug-likeness (QED) is 0.795. The van der Waals surface area contributed by atoms with Gasteiger partial charge in [0.25, 0.3) is 0 Å². The van der Waals surface area contributed by atoms with Crippen LogP contribution in [0.4, 0.5) is 5.82 Å². The van der Waals surface area contributed by atoms with Gasteiger partial charge in [0.1, 0.15) is 6.07 Å². The van der Waals surface area contributed by atoms with Crippen LogP contribution in [-0.4, -0.2) is 41.3 Å². The molecule has 2 rings (SSSR count). The molecule has 84 valence electrons. The number of nitriles is 1. The van der Waals surface area contributed by atoms with Gasteiger partial charge in [-0.25, -0.2) is 0 Å². The summed E-state index contributed by atoms with van der Waals surface area (Å²) in [4.78, 5) is 2.31. The molecular weight excluding hydrogens is 202 g/mol. The SMILES string of the molecule is CN1CCC(Nc2nnccc2C#N)CC1. The Morgan fingerprint density at radius 1 is 1.50 bits per heavy atom. The van der Waals surface area contributed by atoms with E-state index in [1.165, 1.54) is 0 Å². The molecule has 1 N–H and O–H groups in total. The van der Waals surface area contributed by atoms with E-state index in [4.69, 9.17) is 5.26 Å². The fourth-order valence-corrected chi connectivity index (χ4v) is 1.87. The Morgan fingerprint density at radius 3 is 2.94 bits per heavy atom. The number of anilines is 1. The lowest BCUT2D eigenvalue weighted by Crippen LogP contribution is -2.37. The van der Waals surface area contributed by atoms with Crippen LogP contribution in [0.3, 0.4) is 0 Å². The van der Waals surface area contributed by atoms with Crippen molar-refractivity contribution in [3.05, 3.63) is 17.8 Å². The zero-order valence-electron chi connectivity index (χ0n) is 9.35. The third kappa shape index (κ3) is 2.47. The number of aromatic nitrogens is 2. The van der Waals surface area contributed by atoms with Gasteiger partial charge in [0.05, 0.1) is 11.8 Å². The van der Waals surface area contributed by atoms with E-state index in [-0.39, 0.29) is 0 Å². The van der Waals surface area contributed by atoms with Crippen LogP contribution in [0.25, 0.3) is 0 Å². The maximum atomic E-state index is 8.92. The molecule has 1 aromatic heterocycles. The normalized spacial score (nSPS) is 18.0. The maximum absolute atomic E-state index is 8.92. The van der Waals surface area contributed by atoms with Crippen LogP contribution in [0.1, 0.15) is 18.4 Å². The smallest absolute Gasteiger partial charge is 0.166 e. The van der Waals surface area contributed by atoms with E-state index in [2.05, 4.69) is 33.5 Å². The molecule has 0 atom stereocenters. The van der Waals surface area contributed by atoms with Crippen molar-refractivity contribution in [3.63, 3.8) is 0 Å². The van der Waals surface area contributed by atoms with Crippen LogP contribution < -0.4 is 5.32 Å². The summed E-state index contributed by atoms with van der Waals surface area (Å²) in [7, 11) is 2.12. The Kier molecular flexibility index (Phi) is 3.32. The van der Waals surface area contributed by atoms with Crippen molar-refractivity contribution in [1.82, 2.24) is 15.1 Å². The highest BCUT2D eigenvalue weighted by molar-refractivity contribution is 5.50. The Hall–Kier alpha value is -1.67. The van der Waals surface area contributed by atoms with E-state index in [1.54, 1.807) is 12.3 Å². The van der Waals surface area contributed by atoms with Crippen molar-refractivity contribution in [1.29, 1.82) is 5.26 Å². The minimum atomic E-state index is 0.403. The first-order valence-corrected chi connectivity index (χ1v) is 5.46. The lowest BCUT2D eigenvalue weighted by Gasteiger charge is -2.29. The Bertz CT molecular complexity index is 390. The van der Waals surface area contributed by atoms with Gasteiger partial charge in [-0.15, -0.1) is 5.10 Å². The summed E-state index contributed by atoms with van der Waals surface area (Å²) in [5, 5.41) is 20.0. The lowest BCUT2D eigenvalue weighted by atomic mass is 10.1. The average molecular weight is 217 g/mol. The second kappa shape index (κ2) is 4.90. The van der Waals surface area contributed by atoms with Crippen LogP contribution in [0.15, 0.2) is 12.3 Å². The predicted octanol–water partition coefficient (Wildman–Crippen LogP) is 0.854. The van der Waals surface area contributed by atoms with Crippen molar-refractivity contribution >= 4 is 5.82 Å². The van der Waals surface area contributed by atoms with Gasteiger partial charge < -0.3 is 10.2 Å².